The Morgan fingerprint density at radius 1 is 0.875 bits per heavy atom. The zero-order chi connectivity index (χ0) is 22.9. The van der Waals surface area contributed by atoms with E-state index in [0.29, 0.717) is 26.2 Å². The van der Waals surface area contributed by atoms with E-state index in [-0.39, 0.29) is 24.2 Å². The minimum Gasteiger partial charge on any atom is -0.345 e. The summed E-state index contributed by atoms with van der Waals surface area (Å²) in [5.41, 5.74) is 2.99. The number of benzene rings is 2. The maximum absolute atomic E-state index is 13.3. The van der Waals surface area contributed by atoms with Crippen LogP contribution in [0.15, 0.2) is 72.9 Å². The normalized spacial score (nSPS) is 10.7. The molecule has 32 heavy (non-hydrogen) atoms. The van der Waals surface area contributed by atoms with Crippen molar-refractivity contribution in [2.45, 2.75) is 39.9 Å². The van der Waals surface area contributed by atoms with Crippen molar-refractivity contribution in [1.29, 1.82) is 0 Å². The third-order valence-corrected chi connectivity index (χ3v) is 5.38. The predicted octanol–water partition coefficient (Wildman–Crippen LogP) is 4.46. The molecule has 0 saturated carbocycles. The van der Waals surface area contributed by atoms with Crippen LogP contribution in [0, 0.1) is 5.82 Å². The van der Waals surface area contributed by atoms with Gasteiger partial charge in [-0.05, 0) is 41.8 Å². The summed E-state index contributed by atoms with van der Waals surface area (Å²) < 4.78 is 15.3. The van der Waals surface area contributed by atoms with Crippen molar-refractivity contribution < 1.29 is 14.0 Å². The van der Waals surface area contributed by atoms with Crippen molar-refractivity contribution in [2.75, 3.05) is 13.1 Å². The summed E-state index contributed by atoms with van der Waals surface area (Å²) >= 11 is 0. The Hall–Kier alpha value is -3.41. The molecule has 0 aliphatic rings. The molecule has 1 aromatic heterocycles. The second-order valence-corrected chi connectivity index (χ2v) is 7.93. The maximum Gasteiger partial charge on any atom is 0.242 e. The third kappa shape index (κ3) is 6.54. The fraction of sp³-hybridized carbons (Fsp3) is 0.308. The Morgan fingerprint density at radius 3 is 2.25 bits per heavy atom. The Balaban J connectivity index is 1.79. The van der Waals surface area contributed by atoms with E-state index >= 15 is 0 Å². The molecule has 2 amide bonds. The summed E-state index contributed by atoms with van der Waals surface area (Å²) in [5, 5.41) is 0. The van der Waals surface area contributed by atoms with Gasteiger partial charge in [-0.2, -0.15) is 0 Å². The quantitative estimate of drug-likeness (QED) is 0.472. The fourth-order valence-corrected chi connectivity index (χ4v) is 3.65. The fourth-order valence-electron chi connectivity index (χ4n) is 3.65. The van der Waals surface area contributed by atoms with E-state index in [1.165, 1.54) is 19.1 Å². The summed E-state index contributed by atoms with van der Waals surface area (Å²) in [6, 6.07) is 20.2. The van der Waals surface area contributed by atoms with Crippen LogP contribution in [-0.2, 0) is 29.2 Å². The topological polar surface area (TPSA) is 45.6 Å². The van der Waals surface area contributed by atoms with E-state index in [0.717, 1.165) is 23.2 Å². The van der Waals surface area contributed by atoms with E-state index in [9.17, 15) is 14.0 Å². The van der Waals surface area contributed by atoms with Gasteiger partial charge in [0, 0.05) is 38.4 Å². The van der Waals surface area contributed by atoms with E-state index in [4.69, 9.17) is 0 Å². The lowest BCUT2D eigenvalue weighted by atomic mass is 10.2. The van der Waals surface area contributed by atoms with Gasteiger partial charge in [-0.15, -0.1) is 0 Å². The second kappa shape index (κ2) is 11.3. The molecular formula is C26H30FN3O2. The molecule has 3 aromatic rings. The molecule has 6 heteroatoms. The van der Waals surface area contributed by atoms with E-state index in [1.54, 1.807) is 21.9 Å². The zero-order valence-electron chi connectivity index (χ0n) is 18.7. The highest BCUT2D eigenvalue weighted by Crippen LogP contribution is 2.15. The summed E-state index contributed by atoms with van der Waals surface area (Å²) in [6.45, 7) is 5.57. The van der Waals surface area contributed by atoms with Crippen LogP contribution in [0.25, 0.3) is 0 Å². The molecule has 0 fully saturated rings. The molecule has 5 nitrogen and oxygen atoms in total. The van der Waals surface area contributed by atoms with Gasteiger partial charge < -0.3 is 14.4 Å². The van der Waals surface area contributed by atoms with E-state index in [1.807, 2.05) is 55.6 Å². The maximum atomic E-state index is 13.3. The minimum atomic E-state index is -0.261. The van der Waals surface area contributed by atoms with Gasteiger partial charge in [-0.25, -0.2) is 4.39 Å². The number of carbonyl (C=O) groups is 2. The number of rotatable bonds is 10. The van der Waals surface area contributed by atoms with Gasteiger partial charge in [0.15, 0.2) is 0 Å². The summed E-state index contributed by atoms with van der Waals surface area (Å²) in [4.78, 5) is 28.6. The van der Waals surface area contributed by atoms with Crippen LogP contribution in [-0.4, -0.2) is 39.3 Å². The first kappa shape index (κ1) is 23.3. The molecule has 168 valence electrons. The average Bonchev–Trinajstić information content (AvgIpc) is 3.21. The smallest absolute Gasteiger partial charge is 0.242 e. The number of aromatic nitrogens is 1. The first-order chi connectivity index (χ1) is 15.5. The van der Waals surface area contributed by atoms with Crippen LogP contribution < -0.4 is 0 Å². The highest BCUT2D eigenvalue weighted by molar-refractivity contribution is 5.83. The molecule has 3 rings (SSSR count). The van der Waals surface area contributed by atoms with Crippen molar-refractivity contribution in [1.82, 2.24) is 14.4 Å². The largest absolute Gasteiger partial charge is 0.345 e. The van der Waals surface area contributed by atoms with Gasteiger partial charge in [-0.3, -0.25) is 9.59 Å². The summed E-state index contributed by atoms with van der Waals surface area (Å²) in [7, 11) is 0. The molecule has 0 aliphatic heterocycles. The SMILES string of the molecule is CCCN(CC(=O)N(Cc1ccccc1)Cc1cccn1Cc1ccc(F)cc1)C(C)=O. The van der Waals surface area contributed by atoms with Crippen molar-refractivity contribution in [2.24, 2.45) is 0 Å². The average molecular weight is 436 g/mol. The van der Waals surface area contributed by atoms with Crippen molar-refractivity contribution in [3.63, 3.8) is 0 Å². The van der Waals surface area contributed by atoms with Crippen molar-refractivity contribution in [3.8, 4) is 0 Å². The van der Waals surface area contributed by atoms with Crippen LogP contribution in [0.4, 0.5) is 4.39 Å². The Labute approximate surface area is 189 Å². The monoisotopic (exact) mass is 435 g/mol. The standard InChI is InChI=1S/C26H30FN3O2/c1-3-15-28(21(2)31)20-26(32)30(18-22-8-5-4-6-9-22)19-25-10-7-16-29(25)17-23-11-13-24(27)14-12-23/h4-14,16H,3,15,17-20H2,1-2H3. The van der Waals surface area contributed by atoms with Gasteiger partial charge in [0.25, 0.3) is 0 Å². The molecule has 0 aliphatic carbocycles. The zero-order valence-corrected chi connectivity index (χ0v) is 18.7. The van der Waals surface area contributed by atoms with E-state index in [2.05, 4.69) is 4.57 Å². The lowest BCUT2D eigenvalue weighted by Crippen LogP contribution is -2.42. The molecule has 1 heterocycles. The number of nitrogens with zero attached hydrogens (tertiary/aromatic N) is 3. The van der Waals surface area contributed by atoms with E-state index < -0.39 is 0 Å². The molecular weight excluding hydrogens is 405 g/mol. The van der Waals surface area contributed by atoms with Gasteiger partial charge in [0.1, 0.15) is 5.82 Å². The predicted molar refractivity (Wildman–Crippen MR) is 123 cm³/mol. The minimum absolute atomic E-state index is 0.0642. The Bertz CT molecular complexity index is 1020. The van der Waals surface area contributed by atoms with Crippen LogP contribution in [0.1, 0.15) is 37.1 Å². The molecule has 0 bridgehead atoms. The number of amides is 2. The van der Waals surface area contributed by atoms with Crippen LogP contribution in [0.2, 0.25) is 0 Å². The molecule has 0 radical (unpaired) electrons. The molecule has 2 aromatic carbocycles. The number of hydrogen-bond acceptors (Lipinski definition) is 2. The lowest BCUT2D eigenvalue weighted by molar-refractivity contribution is -0.140. The molecule has 0 unspecified atom stereocenters. The Kier molecular flexibility index (Phi) is 8.20. The number of hydrogen-bond donors (Lipinski definition) is 0. The molecule has 0 atom stereocenters. The first-order valence-corrected chi connectivity index (χ1v) is 10.9. The van der Waals surface area contributed by atoms with Crippen molar-refractivity contribution >= 4 is 11.8 Å². The Morgan fingerprint density at radius 2 is 1.59 bits per heavy atom. The van der Waals surface area contributed by atoms with Gasteiger partial charge in [0.05, 0.1) is 13.1 Å². The van der Waals surface area contributed by atoms with Crippen LogP contribution in [0.5, 0.6) is 0 Å². The van der Waals surface area contributed by atoms with Gasteiger partial charge in [-0.1, -0.05) is 49.4 Å². The molecule has 0 spiro atoms. The summed E-state index contributed by atoms with van der Waals surface area (Å²) in [5.74, 6) is -0.449. The molecule has 0 saturated heterocycles. The van der Waals surface area contributed by atoms with Gasteiger partial charge >= 0.3 is 0 Å². The highest BCUT2D eigenvalue weighted by atomic mass is 19.1. The van der Waals surface area contributed by atoms with Crippen molar-refractivity contribution in [3.05, 3.63) is 95.6 Å². The number of carbonyl (C=O) groups excluding carboxylic acids is 2. The highest BCUT2D eigenvalue weighted by Gasteiger charge is 2.20. The lowest BCUT2D eigenvalue weighted by Gasteiger charge is -2.27. The number of halogens is 1. The molecule has 0 N–H and O–H groups in total. The second-order valence-electron chi connectivity index (χ2n) is 7.93. The summed E-state index contributed by atoms with van der Waals surface area (Å²) in [6.07, 6.45) is 2.76. The van der Waals surface area contributed by atoms with Gasteiger partial charge in [0.2, 0.25) is 11.8 Å². The third-order valence-electron chi connectivity index (χ3n) is 5.38. The van der Waals surface area contributed by atoms with Crippen LogP contribution in [0.3, 0.4) is 0 Å². The first-order valence-electron chi connectivity index (χ1n) is 10.9. The van der Waals surface area contributed by atoms with Crippen LogP contribution >= 0.6 is 0 Å².